The van der Waals surface area contributed by atoms with Crippen molar-refractivity contribution in [1.29, 1.82) is 0 Å². The standard InChI is InChI=1S/C24H22N2O3S/c1-29-20-9-4-6-15(24(20)28)23-22-18(25-16-7-2-3-8-17(16)26-23)12-14(13-19(22)27)21-10-5-11-30-21/h2-11,14,23,25-26,28H,12-13H2,1H3/t14-,23+/m1/s1. The molecule has 30 heavy (non-hydrogen) atoms. The third kappa shape index (κ3) is 3.13. The van der Waals surface area contributed by atoms with Crippen LogP contribution >= 0.6 is 11.3 Å². The second-order valence-corrected chi connectivity index (χ2v) is 8.56. The average molecular weight is 419 g/mol. The Kier molecular flexibility index (Phi) is 4.71. The monoisotopic (exact) mass is 418 g/mol. The summed E-state index contributed by atoms with van der Waals surface area (Å²) < 4.78 is 5.31. The summed E-state index contributed by atoms with van der Waals surface area (Å²) in [5.74, 6) is 0.696. The summed E-state index contributed by atoms with van der Waals surface area (Å²) in [5.41, 5.74) is 4.04. The maximum Gasteiger partial charge on any atom is 0.163 e. The summed E-state index contributed by atoms with van der Waals surface area (Å²) in [4.78, 5) is 14.7. The smallest absolute Gasteiger partial charge is 0.163 e. The highest BCUT2D eigenvalue weighted by Gasteiger charge is 2.37. The topological polar surface area (TPSA) is 70.6 Å². The predicted octanol–water partition coefficient (Wildman–Crippen LogP) is 5.44. The van der Waals surface area contributed by atoms with Gasteiger partial charge < -0.3 is 20.5 Å². The van der Waals surface area contributed by atoms with Crippen LogP contribution in [0.3, 0.4) is 0 Å². The number of anilines is 2. The lowest BCUT2D eigenvalue weighted by Gasteiger charge is -2.29. The molecular formula is C24H22N2O3S. The molecule has 1 aromatic heterocycles. The maximum absolute atomic E-state index is 13.4. The number of allylic oxidation sites excluding steroid dienone is 1. The van der Waals surface area contributed by atoms with Crippen molar-refractivity contribution in [3.05, 3.63) is 81.7 Å². The molecule has 1 aliphatic carbocycles. The molecule has 3 aromatic rings. The molecule has 5 nitrogen and oxygen atoms in total. The molecule has 0 saturated heterocycles. The molecule has 2 atom stereocenters. The Hall–Kier alpha value is -3.25. The molecular weight excluding hydrogens is 396 g/mol. The molecule has 2 heterocycles. The van der Waals surface area contributed by atoms with Crippen molar-refractivity contribution < 1.29 is 14.6 Å². The Morgan fingerprint density at radius 3 is 2.63 bits per heavy atom. The summed E-state index contributed by atoms with van der Waals surface area (Å²) >= 11 is 1.69. The first-order valence-corrected chi connectivity index (χ1v) is 10.8. The number of carbonyl (C=O) groups excluding carboxylic acids is 1. The van der Waals surface area contributed by atoms with Crippen molar-refractivity contribution in [2.45, 2.75) is 24.8 Å². The quantitative estimate of drug-likeness (QED) is 0.528. The zero-order valence-corrected chi connectivity index (χ0v) is 17.3. The molecule has 0 radical (unpaired) electrons. The first-order valence-electron chi connectivity index (χ1n) is 9.93. The van der Waals surface area contributed by atoms with Gasteiger partial charge in [0.2, 0.25) is 0 Å². The fourth-order valence-electron chi connectivity index (χ4n) is 4.39. The van der Waals surface area contributed by atoms with Gasteiger partial charge in [-0.05, 0) is 36.1 Å². The molecule has 3 N–H and O–H groups in total. The van der Waals surface area contributed by atoms with E-state index in [1.807, 2.05) is 42.5 Å². The van der Waals surface area contributed by atoms with Crippen molar-refractivity contribution >= 4 is 28.5 Å². The van der Waals surface area contributed by atoms with Gasteiger partial charge in [-0.2, -0.15) is 0 Å². The number of rotatable bonds is 3. The minimum atomic E-state index is -0.469. The van der Waals surface area contributed by atoms with E-state index < -0.39 is 6.04 Å². The molecule has 0 amide bonds. The van der Waals surface area contributed by atoms with Crippen molar-refractivity contribution in [2.24, 2.45) is 0 Å². The van der Waals surface area contributed by atoms with Crippen LogP contribution in [0.25, 0.3) is 0 Å². The highest BCUT2D eigenvalue weighted by atomic mass is 32.1. The largest absolute Gasteiger partial charge is 0.504 e. The van der Waals surface area contributed by atoms with Gasteiger partial charge in [0.05, 0.1) is 24.5 Å². The maximum atomic E-state index is 13.4. The van der Waals surface area contributed by atoms with E-state index in [-0.39, 0.29) is 17.5 Å². The number of fused-ring (bicyclic) bond motifs is 1. The summed E-state index contributed by atoms with van der Waals surface area (Å²) in [6.07, 6.45) is 1.21. The molecule has 1 aliphatic heterocycles. The van der Waals surface area contributed by atoms with Crippen LogP contribution in [0.15, 0.2) is 71.2 Å². The van der Waals surface area contributed by atoms with Gasteiger partial charge in [0, 0.05) is 34.0 Å². The number of phenols is 1. The molecule has 0 fully saturated rings. The molecule has 2 aromatic carbocycles. The van der Waals surface area contributed by atoms with E-state index in [1.54, 1.807) is 17.4 Å². The first kappa shape index (κ1) is 18.8. The summed E-state index contributed by atoms with van der Waals surface area (Å²) in [5, 5.41) is 19.9. The van der Waals surface area contributed by atoms with Crippen molar-refractivity contribution in [1.82, 2.24) is 0 Å². The van der Waals surface area contributed by atoms with Gasteiger partial charge in [0.25, 0.3) is 0 Å². The van der Waals surface area contributed by atoms with E-state index in [1.165, 1.54) is 12.0 Å². The van der Waals surface area contributed by atoms with Crippen LogP contribution in [0.2, 0.25) is 0 Å². The third-order valence-electron chi connectivity index (χ3n) is 5.82. The first-order chi connectivity index (χ1) is 14.7. The number of para-hydroxylation sites is 3. The molecule has 2 aliphatic rings. The van der Waals surface area contributed by atoms with Gasteiger partial charge in [-0.15, -0.1) is 11.3 Å². The number of carbonyl (C=O) groups is 1. The van der Waals surface area contributed by atoms with Crippen molar-refractivity contribution in [3.63, 3.8) is 0 Å². The molecule has 0 spiro atoms. The number of hydrogen-bond donors (Lipinski definition) is 3. The van der Waals surface area contributed by atoms with Gasteiger partial charge in [0.15, 0.2) is 17.3 Å². The number of methoxy groups -OCH3 is 1. The molecule has 5 rings (SSSR count). The zero-order valence-electron chi connectivity index (χ0n) is 16.5. The Bertz CT molecular complexity index is 1140. The number of ether oxygens (including phenoxy) is 1. The number of benzene rings is 2. The number of nitrogens with one attached hydrogen (secondary N) is 2. The Labute approximate surface area is 179 Å². The summed E-state index contributed by atoms with van der Waals surface area (Å²) in [6.45, 7) is 0. The number of phenolic OH excluding ortho intramolecular Hbond substituents is 1. The van der Waals surface area contributed by atoms with E-state index in [4.69, 9.17) is 4.74 Å². The van der Waals surface area contributed by atoms with E-state index >= 15 is 0 Å². The van der Waals surface area contributed by atoms with E-state index in [0.717, 1.165) is 23.5 Å². The SMILES string of the molecule is COc1cccc([C@@H]2Nc3ccccc3NC3=C2C(=O)C[C@H](c2cccs2)C3)c1O. The van der Waals surface area contributed by atoms with Crippen LogP contribution in [0, 0.1) is 0 Å². The number of ketones is 1. The fourth-order valence-corrected chi connectivity index (χ4v) is 5.22. The summed E-state index contributed by atoms with van der Waals surface area (Å²) in [6, 6.07) is 17.0. The van der Waals surface area contributed by atoms with Crippen molar-refractivity contribution in [2.75, 3.05) is 17.7 Å². The molecule has 0 saturated carbocycles. The Morgan fingerprint density at radius 2 is 1.87 bits per heavy atom. The third-order valence-corrected chi connectivity index (χ3v) is 6.85. The number of hydrogen-bond acceptors (Lipinski definition) is 6. The predicted molar refractivity (Wildman–Crippen MR) is 119 cm³/mol. The highest BCUT2D eigenvalue weighted by molar-refractivity contribution is 7.10. The number of Topliss-reactive ketones (excluding diaryl/α,β-unsaturated/α-hetero) is 1. The van der Waals surface area contributed by atoms with E-state index in [9.17, 15) is 9.90 Å². The van der Waals surface area contributed by atoms with Crippen LogP contribution in [0.1, 0.15) is 35.2 Å². The molecule has 0 bridgehead atoms. The van der Waals surface area contributed by atoms with Crippen LogP contribution in [-0.2, 0) is 4.79 Å². The van der Waals surface area contributed by atoms with Crippen LogP contribution in [0.5, 0.6) is 11.5 Å². The molecule has 152 valence electrons. The van der Waals surface area contributed by atoms with Gasteiger partial charge in [-0.25, -0.2) is 0 Å². The van der Waals surface area contributed by atoms with E-state index in [0.29, 0.717) is 23.3 Å². The fraction of sp³-hybridized carbons (Fsp3) is 0.208. The van der Waals surface area contributed by atoms with Crippen LogP contribution < -0.4 is 15.4 Å². The lowest BCUT2D eigenvalue weighted by atomic mass is 9.80. The highest BCUT2D eigenvalue weighted by Crippen LogP contribution is 2.47. The van der Waals surface area contributed by atoms with Gasteiger partial charge in [0.1, 0.15) is 0 Å². The zero-order chi connectivity index (χ0) is 20.7. The minimum absolute atomic E-state index is 0.0527. The number of thiophene rings is 1. The summed E-state index contributed by atoms with van der Waals surface area (Å²) in [7, 11) is 1.53. The lowest BCUT2D eigenvalue weighted by Crippen LogP contribution is -2.26. The van der Waals surface area contributed by atoms with Crippen LogP contribution in [-0.4, -0.2) is 18.0 Å². The van der Waals surface area contributed by atoms with Crippen LogP contribution in [0.4, 0.5) is 11.4 Å². The van der Waals surface area contributed by atoms with Gasteiger partial charge in [-0.1, -0.05) is 30.3 Å². The van der Waals surface area contributed by atoms with Gasteiger partial charge in [-0.3, -0.25) is 4.79 Å². The normalized spacial score (nSPS) is 20.5. The minimum Gasteiger partial charge on any atom is -0.504 e. The van der Waals surface area contributed by atoms with E-state index in [2.05, 4.69) is 22.1 Å². The van der Waals surface area contributed by atoms with Crippen molar-refractivity contribution in [3.8, 4) is 11.5 Å². The van der Waals surface area contributed by atoms with Gasteiger partial charge >= 0.3 is 0 Å². The Balaban J connectivity index is 1.66. The second-order valence-electron chi connectivity index (χ2n) is 7.58. The molecule has 6 heteroatoms. The average Bonchev–Trinajstić information content (AvgIpc) is 3.23. The molecule has 0 unspecified atom stereocenters. The lowest BCUT2D eigenvalue weighted by molar-refractivity contribution is -0.116. The second kappa shape index (κ2) is 7.54. The Morgan fingerprint density at radius 1 is 1.03 bits per heavy atom. The number of aromatic hydroxyl groups is 1.